The fraction of sp³-hybridized carbons (Fsp3) is 0.174. The molecule has 0 radical (unpaired) electrons. The summed E-state index contributed by atoms with van der Waals surface area (Å²) in [5.41, 5.74) is 1.17. The highest BCUT2D eigenvalue weighted by atomic mass is 35.5. The lowest BCUT2D eigenvalue weighted by molar-refractivity contribution is -0.120. The van der Waals surface area contributed by atoms with Gasteiger partial charge in [-0.25, -0.2) is 17.5 Å². The molecule has 0 saturated heterocycles. The number of benzene rings is 3. The Morgan fingerprint density at radius 2 is 1.66 bits per heavy atom. The minimum atomic E-state index is -3.79. The molecule has 0 bridgehead atoms. The van der Waals surface area contributed by atoms with Gasteiger partial charge in [0, 0.05) is 23.0 Å². The first-order chi connectivity index (χ1) is 15.2. The van der Waals surface area contributed by atoms with Gasteiger partial charge in [-0.2, -0.15) is 0 Å². The van der Waals surface area contributed by atoms with Crippen LogP contribution in [0.15, 0.2) is 82.6 Å². The lowest BCUT2D eigenvalue weighted by Crippen LogP contribution is -2.30. The molecule has 3 aromatic carbocycles. The molecule has 0 saturated carbocycles. The minimum absolute atomic E-state index is 0.0273. The maximum atomic E-state index is 13.3. The summed E-state index contributed by atoms with van der Waals surface area (Å²) in [6.45, 7) is 1.96. The predicted octanol–water partition coefficient (Wildman–Crippen LogP) is 4.75. The number of halogens is 2. The molecule has 168 valence electrons. The number of carbonyl (C=O) groups is 1. The Bertz CT molecular complexity index is 1190. The van der Waals surface area contributed by atoms with Gasteiger partial charge in [0.15, 0.2) is 0 Å². The van der Waals surface area contributed by atoms with Crippen LogP contribution < -0.4 is 10.0 Å². The largest absolute Gasteiger partial charge is 0.351 e. The summed E-state index contributed by atoms with van der Waals surface area (Å²) in [6.07, 6.45) is 0. The number of carbonyl (C=O) groups excluding carboxylic acids is 1. The van der Waals surface area contributed by atoms with Gasteiger partial charge >= 0.3 is 0 Å². The van der Waals surface area contributed by atoms with E-state index in [1.807, 2.05) is 12.1 Å². The first kappa shape index (κ1) is 24.3. The van der Waals surface area contributed by atoms with Gasteiger partial charge < -0.3 is 5.32 Å². The van der Waals surface area contributed by atoms with Crippen LogP contribution in [0.5, 0.6) is 0 Å². The highest BCUT2D eigenvalue weighted by Gasteiger charge is 2.16. The second-order valence-corrected chi connectivity index (χ2v) is 10.7. The van der Waals surface area contributed by atoms with Crippen LogP contribution in [0.25, 0.3) is 0 Å². The Hall–Kier alpha value is -2.39. The van der Waals surface area contributed by atoms with Crippen LogP contribution in [-0.4, -0.2) is 19.6 Å². The van der Waals surface area contributed by atoms with Crippen LogP contribution in [0.3, 0.4) is 0 Å². The van der Waals surface area contributed by atoms with Crippen molar-refractivity contribution in [1.29, 1.82) is 0 Å². The number of hydrogen-bond acceptors (Lipinski definition) is 4. The number of sulfonamides is 1. The van der Waals surface area contributed by atoms with Crippen LogP contribution in [0.1, 0.15) is 18.1 Å². The van der Waals surface area contributed by atoms with Gasteiger partial charge in [0.1, 0.15) is 5.82 Å². The van der Waals surface area contributed by atoms with Crippen LogP contribution in [-0.2, 0) is 27.9 Å². The van der Waals surface area contributed by atoms with Crippen molar-refractivity contribution in [3.8, 4) is 0 Å². The van der Waals surface area contributed by atoms with Crippen LogP contribution in [0.2, 0.25) is 5.02 Å². The van der Waals surface area contributed by atoms with Crippen LogP contribution in [0.4, 0.5) is 4.39 Å². The van der Waals surface area contributed by atoms with E-state index in [-0.39, 0.29) is 29.1 Å². The summed E-state index contributed by atoms with van der Waals surface area (Å²) in [7, 11) is -3.79. The van der Waals surface area contributed by atoms with E-state index in [4.69, 9.17) is 11.6 Å². The Labute approximate surface area is 196 Å². The van der Waals surface area contributed by atoms with Crippen molar-refractivity contribution in [1.82, 2.24) is 10.0 Å². The normalized spacial score (nSPS) is 12.3. The molecule has 0 aliphatic heterocycles. The summed E-state index contributed by atoms with van der Waals surface area (Å²) in [6, 6.07) is 19.3. The molecule has 3 rings (SSSR count). The summed E-state index contributed by atoms with van der Waals surface area (Å²) in [5, 5.41) is 3.12. The second kappa shape index (κ2) is 11.0. The Morgan fingerprint density at radius 1 is 1.00 bits per heavy atom. The molecular weight excluding hydrogens is 471 g/mol. The molecule has 1 atom stereocenters. The first-order valence-electron chi connectivity index (χ1n) is 9.76. The first-order valence-corrected chi connectivity index (χ1v) is 12.5. The minimum Gasteiger partial charge on any atom is -0.351 e. The van der Waals surface area contributed by atoms with Crippen molar-refractivity contribution < 1.29 is 17.6 Å². The highest BCUT2D eigenvalue weighted by molar-refractivity contribution is 8.00. The van der Waals surface area contributed by atoms with E-state index in [1.54, 1.807) is 37.3 Å². The third kappa shape index (κ3) is 7.06. The topological polar surface area (TPSA) is 75.3 Å². The average molecular weight is 493 g/mol. The van der Waals surface area contributed by atoms with Crippen LogP contribution in [0, 0.1) is 5.82 Å². The zero-order valence-electron chi connectivity index (χ0n) is 17.2. The number of hydrogen-bond donors (Lipinski definition) is 2. The molecule has 32 heavy (non-hydrogen) atoms. The highest BCUT2D eigenvalue weighted by Crippen LogP contribution is 2.25. The van der Waals surface area contributed by atoms with Gasteiger partial charge in [0.05, 0.1) is 10.1 Å². The zero-order valence-corrected chi connectivity index (χ0v) is 19.6. The second-order valence-electron chi connectivity index (χ2n) is 7.03. The molecule has 0 aliphatic rings. The smallest absolute Gasteiger partial charge is 0.240 e. The number of thioether (sulfide) groups is 1. The molecule has 0 aromatic heterocycles. The van der Waals surface area contributed by atoms with Gasteiger partial charge in [-0.3, -0.25) is 4.79 Å². The Morgan fingerprint density at radius 3 is 2.34 bits per heavy atom. The Kier molecular flexibility index (Phi) is 8.31. The van der Waals surface area contributed by atoms with E-state index in [0.29, 0.717) is 16.1 Å². The third-order valence-electron chi connectivity index (χ3n) is 4.53. The van der Waals surface area contributed by atoms with Gasteiger partial charge in [0.2, 0.25) is 15.9 Å². The predicted molar refractivity (Wildman–Crippen MR) is 125 cm³/mol. The Balaban J connectivity index is 1.57. The summed E-state index contributed by atoms with van der Waals surface area (Å²) in [5.74, 6) is -0.592. The van der Waals surface area contributed by atoms with E-state index in [0.717, 1.165) is 4.90 Å². The zero-order chi connectivity index (χ0) is 23.1. The van der Waals surface area contributed by atoms with Crippen molar-refractivity contribution >= 4 is 39.3 Å². The number of rotatable bonds is 9. The van der Waals surface area contributed by atoms with Crippen molar-refractivity contribution in [2.45, 2.75) is 35.1 Å². The van der Waals surface area contributed by atoms with E-state index >= 15 is 0 Å². The van der Waals surface area contributed by atoms with Gasteiger partial charge in [-0.05, 0) is 66.6 Å². The maximum absolute atomic E-state index is 13.3. The summed E-state index contributed by atoms with van der Waals surface area (Å²) < 4.78 is 41.0. The molecule has 5 nitrogen and oxygen atoms in total. The molecule has 1 amide bonds. The SMILES string of the molecule is CC(Sc1ccc(Cl)cc1)C(=O)NCc1cccc(S(=O)(=O)NCc2cccc(F)c2)c1. The molecule has 3 aromatic rings. The fourth-order valence-corrected chi connectivity index (χ4v) is 4.94. The van der Waals surface area contributed by atoms with Gasteiger partial charge in [-0.15, -0.1) is 11.8 Å². The molecule has 0 spiro atoms. The van der Waals surface area contributed by atoms with Crippen molar-refractivity contribution in [2.24, 2.45) is 0 Å². The number of nitrogens with one attached hydrogen (secondary N) is 2. The lowest BCUT2D eigenvalue weighted by atomic mass is 10.2. The van der Waals surface area contributed by atoms with E-state index in [1.165, 1.54) is 42.1 Å². The van der Waals surface area contributed by atoms with Crippen molar-refractivity contribution in [3.05, 3.63) is 94.8 Å². The van der Waals surface area contributed by atoms with E-state index < -0.39 is 15.8 Å². The molecule has 1 unspecified atom stereocenters. The lowest BCUT2D eigenvalue weighted by Gasteiger charge is -2.13. The molecule has 0 aliphatic carbocycles. The van der Waals surface area contributed by atoms with Crippen LogP contribution >= 0.6 is 23.4 Å². The van der Waals surface area contributed by atoms with E-state index in [9.17, 15) is 17.6 Å². The van der Waals surface area contributed by atoms with Gasteiger partial charge in [0.25, 0.3) is 0 Å². The quantitative estimate of drug-likeness (QED) is 0.422. The molecule has 2 N–H and O–H groups in total. The number of amides is 1. The van der Waals surface area contributed by atoms with Crippen molar-refractivity contribution in [2.75, 3.05) is 0 Å². The summed E-state index contributed by atoms with van der Waals surface area (Å²) in [4.78, 5) is 13.4. The molecular formula is C23H22ClFN2O3S2. The maximum Gasteiger partial charge on any atom is 0.240 e. The van der Waals surface area contributed by atoms with Crippen molar-refractivity contribution in [3.63, 3.8) is 0 Å². The monoisotopic (exact) mass is 492 g/mol. The fourth-order valence-electron chi connectivity index (χ4n) is 2.83. The third-order valence-corrected chi connectivity index (χ3v) is 7.29. The molecule has 0 fully saturated rings. The van der Waals surface area contributed by atoms with E-state index in [2.05, 4.69) is 10.0 Å². The molecule has 9 heteroatoms. The summed E-state index contributed by atoms with van der Waals surface area (Å²) >= 11 is 7.28. The van der Waals surface area contributed by atoms with Gasteiger partial charge in [-0.1, -0.05) is 35.9 Å². The standard InChI is InChI=1S/C23H22ClFN2O3S2/c1-16(31-21-10-8-19(24)9-11-21)23(28)26-14-18-5-3-7-22(13-18)32(29,30)27-15-17-4-2-6-20(25)12-17/h2-13,16,27H,14-15H2,1H3,(H,26,28). The average Bonchev–Trinajstić information content (AvgIpc) is 2.78. The molecule has 0 heterocycles.